The summed E-state index contributed by atoms with van der Waals surface area (Å²) < 4.78 is 34.5. The zero-order chi connectivity index (χ0) is 30.3. The lowest BCUT2D eigenvalue weighted by molar-refractivity contribution is -0.162. The number of carboxylic acid groups (broad SMARTS) is 1. The van der Waals surface area contributed by atoms with Crippen LogP contribution in [0.15, 0.2) is 12.1 Å². The van der Waals surface area contributed by atoms with E-state index in [1.54, 1.807) is 28.9 Å². The first kappa shape index (κ1) is 30.2. The van der Waals surface area contributed by atoms with E-state index in [1.165, 1.54) is 7.05 Å². The van der Waals surface area contributed by atoms with Gasteiger partial charge in [-0.05, 0) is 50.3 Å². The number of likely N-dealkylation sites (tertiary alicyclic amines) is 1. The lowest BCUT2D eigenvalue weighted by atomic mass is 9.66. The van der Waals surface area contributed by atoms with Gasteiger partial charge in [0.15, 0.2) is 0 Å². The molecule has 3 heterocycles. The van der Waals surface area contributed by atoms with E-state index in [9.17, 15) is 28.3 Å². The number of carboxylic acids is 1. The van der Waals surface area contributed by atoms with E-state index >= 15 is 0 Å². The van der Waals surface area contributed by atoms with Crippen molar-refractivity contribution >= 4 is 29.4 Å². The SMILES string of the molecule is C[C@H]1CCN(C[C@@H]2c3c(OCc4nnn(C)c4C(F)F)ccc(Cl)c3CCN2C(=O)C2CCCC[C@@]2(C)C(=O)O)C1=O. The van der Waals surface area contributed by atoms with Gasteiger partial charge in [-0.15, -0.1) is 5.10 Å². The highest BCUT2D eigenvalue weighted by atomic mass is 35.5. The smallest absolute Gasteiger partial charge is 0.310 e. The van der Waals surface area contributed by atoms with E-state index in [0.29, 0.717) is 55.1 Å². The number of fused-ring (bicyclic) bond motifs is 1. The molecular weight excluding hydrogens is 572 g/mol. The van der Waals surface area contributed by atoms with Crippen molar-refractivity contribution in [3.05, 3.63) is 39.7 Å². The predicted molar refractivity (Wildman–Crippen MR) is 148 cm³/mol. The molecule has 3 aliphatic rings. The van der Waals surface area contributed by atoms with Gasteiger partial charge in [-0.1, -0.05) is 36.6 Å². The Hall–Kier alpha value is -3.28. The molecule has 1 N–H and O–H groups in total. The van der Waals surface area contributed by atoms with Gasteiger partial charge in [0.2, 0.25) is 11.8 Å². The quantitative estimate of drug-likeness (QED) is 0.467. The van der Waals surface area contributed by atoms with Crippen molar-refractivity contribution in [2.45, 2.75) is 71.4 Å². The van der Waals surface area contributed by atoms with Crippen molar-refractivity contribution in [1.29, 1.82) is 0 Å². The summed E-state index contributed by atoms with van der Waals surface area (Å²) in [5, 5.41) is 18.1. The average Bonchev–Trinajstić information content (AvgIpc) is 3.49. The second-order valence-electron chi connectivity index (χ2n) is 11.9. The van der Waals surface area contributed by atoms with Gasteiger partial charge >= 0.3 is 5.97 Å². The van der Waals surface area contributed by atoms with Gasteiger partial charge in [0.25, 0.3) is 6.43 Å². The van der Waals surface area contributed by atoms with Crippen molar-refractivity contribution in [3.63, 3.8) is 0 Å². The topological polar surface area (TPSA) is 118 Å². The molecule has 228 valence electrons. The first-order valence-corrected chi connectivity index (χ1v) is 14.7. The zero-order valence-corrected chi connectivity index (χ0v) is 24.7. The lowest BCUT2D eigenvalue weighted by Crippen LogP contribution is -2.52. The van der Waals surface area contributed by atoms with Gasteiger partial charge in [-0.3, -0.25) is 14.4 Å². The van der Waals surface area contributed by atoms with Crippen LogP contribution in [0.3, 0.4) is 0 Å². The minimum atomic E-state index is -2.80. The first-order chi connectivity index (χ1) is 19.9. The van der Waals surface area contributed by atoms with E-state index in [0.717, 1.165) is 23.1 Å². The maximum atomic E-state index is 14.3. The minimum absolute atomic E-state index is 0.0144. The summed E-state index contributed by atoms with van der Waals surface area (Å²) in [4.78, 5) is 43.1. The van der Waals surface area contributed by atoms with Crippen LogP contribution in [0.25, 0.3) is 0 Å². The Morgan fingerprint density at radius 3 is 2.67 bits per heavy atom. The van der Waals surface area contributed by atoms with Crippen LogP contribution < -0.4 is 4.74 Å². The van der Waals surface area contributed by atoms with E-state index in [4.69, 9.17) is 16.3 Å². The number of alkyl halides is 2. The molecule has 1 saturated heterocycles. The Morgan fingerprint density at radius 2 is 2.00 bits per heavy atom. The number of benzene rings is 1. The van der Waals surface area contributed by atoms with Crippen molar-refractivity contribution < 1.29 is 33.0 Å². The van der Waals surface area contributed by atoms with Crippen molar-refractivity contribution in [2.75, 3.05) is 19.6 Å². The Morgan fingerprint density at radius 1 is 1.24 bits per heavy atom. The normalized spacial score (nSPS) is 26.1. The molecule has 13 heteroatoms. The summed E-state index contributed by atoms with van der Waals surface area (Å²) >= 11 is 6.66. The predicted octanol–water partition coefficient (Wildman–Crippen LogP) is 4.56. The summed E-state index contributed by atoms with van der Waals surface area (Å²) in [5.41, 5.74) is -0.221. The average molecular weight is 608 g/mol. The number of halogens is 3. The summed E-state index contributed by atoms with van der Waals surface area (Å²) in [5.74, 6) is -1.82. The number of nitrogens with zero attached hydrogens (tertiary/aromatic N) is 5. The number of aliphatic carboxylic acids is 1. The molecule has 1 unspecified atom stereocenters. The van der Waals surface area contributed by atoms with Crippen molar-refractivity contribution in [2.24, 2.45) is 24.3 Å². The highest BCUT2D eigenvalue weighted by Crippen LogP contribution is 2.46. The van der Waals surface area contributed by atoms with Gasteiger partial charge in [0.1, 0.15) is 23.7 Å². The van der Waals surface area contributed by atoms with E-state index in [-0.39, 0.29) is 42.3 Å². The number of hydrogen-bond acceptors (Lipinski definition) is 6. The first-order valence-electron chi connectivity index (χ1n) is 14.4. The van der Waals surface area contributed by atoms with Gasteiger partial charge < -0.3 is 19.6 Å². The maximum Gasteiger partial charge on any atom is 0.310 e. The zero-order valence-electron chi connectivity index (χ0n) is 24.0. The molecule has 42 heavy (non-hydrogen) atoms. The number of amides is 2. The Bertz CT molecular complexity index is 1390. The summed E-state index contributed by atoms with van der Waals surface area (Å²) in [7, 11) is 1.38. The molecule has 1 saturated carbocycles. The van der Waals surface area contributed by atoms with Crippen LogP contribution in [0.4, 0.5) is 8.78 Å². The largest absolute Gasteiger partial charge is 0.487 e. The maximum absolute atomic E-state index is 14.3. The van der Waals surface area contributed by atoms with E-state index in [2.05, 4.69) is 10.3 Å². The Labute approximate surface area is 247 Å². The third kappa shape index (κ3) is 5.33. The molecule has 2 aromatic rings. The number of aromatic nitrogens is 3. The van der Waals surface area contributed by atoms with Gasteiger partial charge in [-0.2, -0.15) is 0 Å². The summed E-state index contributed by atoms with van der Waals surface area (Å²) in [6, 6.07) is 2.64. The number of carbonyl (C=O) groups excluding carboxylic acids is 2. The molecule has 2 amide bonds. The standard InChI is InChI=1S/C29H36ClF2N5O5/c1-16-9-12-36(26(16)38)14-21-23-17(10-13-37(21)27(39)18-6-4-5-11-29(18,2)28(40)41)19(30)7-8-22(23)42-15-20-24(25(31)32)35(3)34-33-20/h7-8,16,18,21,25H,4-6,9-15H2,1-3H3,(H,40,41)/t16-,18?,21+,29+/m0/s1. The number of hydrogen-bond donors (Lipinski definition) is 1. The monoisotopic (exact) mass is 607 g/mol. The Balaban J connectivity index is 1.54. The highest BCUT2D eigenvalue weighted by molar-refractivity contribution is 6.31. The molecule has 0 radical (unpaired) electrons. The third-order valence-corrected chi connectivity index (χ3v) is 9.68. The molecule has 5 rings (SSSR count). The van der Waals surface area contributed by atoms with Crippen LogP contribution >= 0.6 is 11.6 Å². The van der Waals surface area contributed by atoms with Crippen molar-refractivity contribution in [1.82, 2.24) is 24.8 Å². The number of rotatable bonds is 8. The molecule has 4 atom stereocenters. The molecular formula is C29H36ClF2N5O5. The fraction of sp³-hybridized carbons (Fsp3) is 0.621. The third-order valence-electron chi connectivity index (χ3n) is 9.32. The van der Waals surface area contributed by atoms with Gasteiger partial charge in [0.05, 0.1) is 17.4 Å². The van der Waals surface area contributed by atoms with Crippen LogP contribution in [-0.4, -0.2) is 67.3 Å². The fourth-order valence-corrected chi connectivity index (χ4v) is 7.01. The number of aryl methyl sites for hydroxylation is 1. The molecule has 0 bridgehead atoms. The molecule has 2 fully saturated rings. The number of ether oxygens (including phenoxy) is 1. The lowest BCUT2D eigenvalue weighted by Gasteiger charge is -2.45. The summed E-state index contributed by atoms with van der Waals surface area (Å²) in [6.45, 7) is 4.22. The van der Waals surface area contributed by atoms with Crippen LogP contribution in [0, 0.1) is 17.3 Å². The van der Waals surface area contributed by atoms with Gasteiger partial charge in [-0.25, -0.2) is 13.5 Å². The van der Waals surface area contributed by atoms with Crippen LogP contribution in [0.5, 0.6) is 5.75 Å². The van der Waals surface area contributed by atoms with Crippen LogP contribution in [0.1, 0.15) is 80.9 Å². The second kappa shape index (κ2) is 11.8. The second-order valence-corrected chi connectivity index (χ2v) is 12.3. The fourth-order valence-electron chi connectivity index (χ4n) is 6.75. The van der Waals surface area contributed by atoms with E-state index in [1.807, 2.05) is 6.92 Å². The molecule has 1 aliphatic carbocycles. The highest BCUT2D eigenvalue weighted by Gasteiger charge is 2.50. The van der Waals surface area contributed by atoms with Crippen molar-refractivity contribution in [3.8, 4) is 5.75 Å². The molecule has 2 aliphatic heterocycles. The molecule has 1 aromatic heterocycles. The minimum Gasteiger partial charge on any atom is -0.487 e. The van der Waals surface area contributed by atoms with E-state index < -0.39 is 29.8 Å². The van der Waals surface area contributed by atoms with Crippen LogP contribution in [0.2, 0.25) is 5.02 Å². The number of carbonyl (C=O) groups is 3. The molecule has 0 spiro atoms. The molecule has 10 nitrogen and oxygen atoms in total. The molecule has 1 aromatic carbocycles. The Kier molecular flexibility index (Phi) is 8.46. The van der Waals surface area contributed by atoms with Crippen LogP contribution in [-0.2, 0) is 34.5 Å². The van der Waals surface area contributed by atoms with Gasteiger partial charge in [0, 0.05) is 43.2 Å². The summed E-state index contributed by atoms with van der Waals surface area (Å²) in [6.07, 6.45) is 0.623.